The molecule has 2 aromatic carbocycles. The molecular weight excluding hydrogens is 344 g/mol. The van der Waals surface area contributed by atoms with Gasteiger partial charge in [-0.2, -0.15) is 4.39 Å². The van der Waals surface area contributed by atoms with E-state index in [-0.39, 0.29) is 6.61 Å². The lowest BCUT2D eigenvalue weighted by atomic mass is 9.78. The fourth-order valence-corrected chi connectivity index (χ4v) is 3.61. The summed E-state index contributed by atoms with van der Waals surface area (Å²) in [6.07, 6.45) is 6.13. The average molecular weight is 366 g/mol. The minimum atomic E-state index is -1.86. The maximum atomic E-state index is 13.6. The summed E-state index contributed by atoms with van der Waals surface area (Å²) in [4.78, 5) is 0. The van der Waals surface area contributed by atoms with Gasteiger partial charge in [0.25, 0.3) is 0 Å². The molecule has 0 aromatic heterocycles. The molecule has 2 aromatic rings. The van der Waals surface area contributed by atoms with Crippen LogP contribution >= 0.6 is 0 Å². The molecule has 1 nitrogen and oxygen atoms in total. The summed E-state index contributed by atoms with van der Waals surface area (Å²) in [7, 11) is 0. The van der Waals surface area contributed by atoms with Crippen LogP contribution in [0.15, 0.2) is 30.3 Å². The summed E-state index contributed by atoms with van der Waals surface area (Å²) >= 11 is 0. The quantitative estimate of drug-likeness (QED) is 0.333. The van der Waals surface area contributed by atoms with Gasteiger partial charge in [0, 0.05) is 6.07 Å². The Hall–Kier alpha value is -2.04. The van der Waals surface area contributed by atoms with Crippen LogP contribution in [0.5, 0.6) is 5.75 Å². The Morgan fingerprint density at radius 2 is 1.54 bits per heavy atom. The Morgan fingerprint density at radius 3 is 2.15 bits per heavy atom. The summed E-state index contributed by atoms with van der Waals surface area (Å²) in [5.74, 6) is -5.93. The van der Waals surface area contributed by atoms with Gasteiger partial charge in [-0.05, 0) is 48.6 Å². The molecular formula is C21H22F4O. The lowest BCUT2D eigenvalue weighted by Gasteiger charge is -2.28. The van der Waals surface area contributed by atoms with E-state index in [1.165, 1.54) is 37.7 Å². The Kier molecular flexibility index (Phi) is 5.84. The molecule has 26 heavy (non-hydrogen) atoms. The van der Waals surface area contributed by atoms with Gasteiger partial charge in [-0.3, -0.25) is 0 Å². The first-order chi connectivity index (χ1) is 12.5. The minimum Gasteiger partial charge on any atom is -0.486 e. The number of rotatable bonds is 5. The van der Waals surface area contributed by atoms with E-state index in [4.69, 9.17) is 4.74 Å². The first-order valence-corrected chi connectivity index (χ1v) is 9.04. The molecule has 0 radical (unpaired) electrons. The van der Waals surface area contributed by atoms with Crippen molar-refractivity contribution in [3.63, 3.8) is 0 Å². The Morgan fingerprint density at radius 1 is 0.885 bits per heavy atom. The molecule has 0 aliphatic heterocycles. The zero-order valence-corrected chi connectivity index (χ0v) is 14.7. The fraction of sp³-hybridized carbons (Fsp3) is 0.429. The smallest absolute Gasteiger partial charge is 0.203 e. The molecule has 0 atom stereocenters. The lowest BCUT2D eigenvalue weighted by molar-refractivity contribution is 0.276. The highest BCUT2D eigenvalue weighted by Gasteiger charge is 2.22. The molecule has 140 valence electrons. The normalized spacial score (nSPS) is 20.2. The molecule has 1 saturated carbocycles. The van der Waals surface area contributed by atoms with Crippen LogP contribution in [0.4, 0.5) is 17.6 Å². The van der Waals surface area contributed by atoms with E-state index in [2.05, 4.69) is 6.92 Å². The fourth-order valence-electron chi connectivity index (χ4n) is 3.61. The predicted octanol–water partition coefficient (Wildman–Crippen LogP) is 6.51. The van der Waals surface area contributed by atoms with E-state index < -0.39 is 29.0 Å². The standard InChI is InChI=1S/C21H22F4O/c1-2-13-3-7-15(8-4-13)16-9-5-14(6-10-16)12-26-18-11-17(22)19(23)21(25)20(18)24/h5-6,9-11,13,15H,2-4,7-8,12H2,1H3. The van der Waals surface area contributed by atoms with Gasteiger partial charge in [-0.1, -0.05) is 37.6 Å². The van der Waals surface area contributed by atoms with Crippen molar-refractivity contribution in [2.45, 2.75) is 51.6 Å². The van der Waals surface area contributed by atoms with Crippen LogP contribution in [0.25, 0.3) is 0 Å². The van der Waals surface area contributed by atoms with Crippen molar-refractivity contribution in [3.8, 4) is 5.75 Å². The van der Waals surface area contributed by atoms with Crippen molar-refractivity contribution < 1.29 is 22.3 Å². The molecule has 0 heterocycles. The molecule has 5 heteroatoms. The van der Waals surface area contributed by atoms with Gasteiger partial charge in [0.15, 0.2) is 17.4 Å². The predicted molar refractivity (Wildman–Crippen MR) is 92.0 cm³/mol. The molecule has 0 unspecified atom stereocenters. The Bertz CT molecular complexity index is 750. The Balaban J connectivity index is 1.62. The van der Waals surface area contributed by atoms with Crippen LogP contribution in [0.2, 0.25) is 0 Å². The highest BCUT2D eigenvalue weighted by Crippen LogP contribution is 2.37. The topological polar surface area (TPSA) is 9.23 Å². The van der Waals surface area contributed by atoms with E-state index in [9.17, 15) is 17.6 Å². The molecule has 0 N–H and O–H groups in total. The second-order valence-corrected chi connectivity index (χ2v) is 6.95. The molecule has 1 aliphatic carbocycles. The van der Waals surface area contributed by atoms with Crippen molar-refractivity contribution in [1.29, 1.82) is 0 Å². The third-order valence-corrected chi connectivity index (χ3v) is 5.34. The van der Waals surface area contributed by atoms with Crippen LogP contribution in [-0.4, -0.2) is 0 Å². The summed E-state index contributed by atoms with van der Waals surface area (Å²) in [5, 5.41) is 0. The van der Waals surface area contributed by atoms with Crippen LogP contribution < -0.4 is 4.74 Å². The molecule has 0 amide bonds. The van der Waals surface area contributed by atoms with Crippen LogP contribution in [0.3, 0.4) is 0 Å². The van der Waals surface area contributed by atoms with E-state index in [1.54, 1.807) is 0 Å². The summed E-state index contributed by atoms with van der Waals surface area (Å²) in [6.45, 7) is 2.19. The highest BCUT2D eigenvalue weighted by molar-refractivity contribution is 5.29. The third kappa shape index (κ3) is 4.02. The van der Waals surface area contributed by atoms with E-state index in [1.807, 2.05) is 24.3 Å². The molecule has 1 aliphatic rings. The highest BCUT2D eigenvalue weighted by atomic mass is 19.2. The summed E-state index contributed by atoms with van der Waals surface area (Å²) < 4.78 is 58.1. The van der Waals surface area contributed by atoms with Gasteiger partial charge in [0.05, 0.1) is 0 Å². The number of hydrogen-bond donors (Lipinski definition) is 0. The average Bonchev–Trinajstić information content (AvgIpc) is 2.68. The second kappa shape index (κ2) is 8.11. The molecule has 1 fully saturated rings. The zero-order chi connectivity index (χ0) is 18.7. The second-order valence-electron chi connectivity index (χ2n) is 6.95. The minimum absolute atomic E-state index is 0.0513. The summed E-state index contributed by atoms with van der Waals surface area (Å²) in [5.41, 5.74) is 2.02. The van der Waals surface area contributed by atoms with Crippen LogP contribution in [-0.2, 0) is 6.61 Å². The molecule has 0 bridgehead atoms. The van der Waals surface area contributed by atoms with Crippen LogP contribution in [0, 0.1) is 29.2 Å². The number of hydrogen-bond acceptors (Lipinski definition) is 1. The van der Waals surface area contributed by atoms with Crippen LogP contribution in [0.1, 0.15) is 56.1 Å². The maximum Gasteiger partial charge on any atom is 0.203 e. The van der Waals surface area contributed by atoms with Gasteiger partial charge in [-0.25, -0.2) is 13.2 Å². The first kappa shape index (κ1) is 18.7. The van der Waals surface area contributed by atoms with Crippen molar-refractivity contribution in [3.05, 3.63) is 64.7 Å². The molecule has 3 rings (SSSR count). The first-order valence-electron chi connectivity index (χ1n) is 9.04. The molecule has 0 saturated heterocycles. The van der Waals surface area contributed by atoms with Crippen molar-refractivity contribution in [2.24, 2.45) is 5.92 Å². The van der Waals surface area contributed by atoms with E-state index >= 15 is 0 Å². The summed E-state index contributed by atoms with van der Waals surface area (Å²) in [6, 6.07) is 8.31. The lowest BCUT2D eigenvalue weighted by Crippen LogP contribution is -2.12. The third-order valence-electron chi connectivity index (χ3n) is 5.34. The monoisotopic (exact) mass is 366 g/mol. The van der Waals surface area contributed by atoms with Gasteiger partial charge < -0.3 is 4.74 Å². The van der Waals surface area contributed by atoms with Crippen molar-refractivity contribution in [1.82, 2.24) is 0 Å². The van der Waals surface area contributed by atoms with Gasteiger partial charge in [0.1, 0.15) is 6.61 Å². The van der Waals surface area contributed by atoms with Crippen molar-refractivity contribution >= 4 is 0 Å². The zero-order valence-electron chi connectivity index (χ0n) is 14.7. The van der Waals surface area contributed by atoms with E-state index in [0.717, 1.165) is 11.5 Å². The maximum absolute atomic E-state index is 13.6. The van der Waals surface area contributed by atoms with Gasteiger partial charge in [-0.15, -0.1) is 0 Å². The van der Waals surface area contributed by atoms with Crippen molar-refractivity contribution in [2.75, 3.05) is 0 Å². The number of halogens is 4. The van der Waals surface area contributed by atoms with Gasteiger partial charge >= 0.3 is 0 Å². The van der Waals surface area contributed by atoms with Gasteiger partial charge in [0.2, 0.25) is 11.6 Å². The SMILES string of the molecule is CCC1CCC(c2ccc(COc3cc(F)c(F)c(F)c3F)cc2)CC1. The van der Waals surface area contributed by atoms with E-state index in [0.29, 0.717) is 12.0 Å². The Labute approximate surface area is 151 Å². The largest absolute Gasteiger partial charge is 0.486 e. The number of ether oxygens (including phenoxy) is 1. The number of benzene rings is 2. The molecule has 0 spiro atoms.